The Morgan fingerprint density at radius 1 is 0.944 bits per heavy atom. The van der Waals surface area contributed by atoms with Gasteiger partial charge in [-0.3, -0.25) is 0 Å². The number of halogens is 3. The van der Waals surface area contributed by atoms with E-state index in [4.69, 9.17) is 14.2 Å². The topological polar surface area (TPSA) is 101 Å². The van der Waals surface area contributed by atoms with Gasteiger partial charge in [0.25, 0.3) is 0 Å². The number of hydrogen-bond acceptors (Lipinski definition) is 8. The summed E-state index contributed by atoms with van der Waals surface area (Å²) in [6.07, 6.45) is -6.30. The van der Waals surface area contributed by atoms with Crippen LogP contribution in [0.1, 0.15) is 11.1 Å². The normalized spacial score (nSPS) is 12.8. The molecule has 0 heterocycles. The molecule has 8 nitrogen and oxygen atoms in total. The molecule has 2 unspecified atom stereocenters. The van der Waals surface area contributed by atoms with Crippen molar-refractivity contribution in [1.82, 2.24) is 0 Å². The highest BCUT2D eigenvalue weighted by atomic mass is 19.4. The minimum absolute atomic E-state index is 0.345. The smallest absolute Gasteiger partial charge is 0.490 e. The predicted octanol–water partition coefficient (Wildman–Crippen LogP) is 3.25. The van der Waals surface area contributed by atoms with Crippen LogP contribution in [0.25, 0.3) is 0 Å². The molecule has 0 bridgehead atoms. The van der Waals surface area contributed by atoms with Crippen molar-refractivity contribution in [3.63, 3.8) is 0 Å². The first-order chi connectivity index (χ1) is 17.1. The van der Waals surface area contributed by atoms with E-state index in [1.165, 1.54) is 0 Å². The quantitative estimate of drug-likeness (QED) is 0.304. The number of esters is 2. The average molecular weight is 512 g/mol. The summed E-state index contributed by atoms with van der Waals surface area (Å²) in [6.45, 7) is 1.48. The van der Waals surface area contributed by atoms with Crippen LogP contribution in [0.5, 0.6) is 11.5 Å². The van der Waals surface area contributed by atoms with Crippen LogP contribution >= 0.6 is 0 Å². The lowest BCUT2D eigenvalue weighted by Gasteiger charge is -2.20. The summed E-state index contributed by atoms with van der Waals surface area (Å²) in [5.74, 6) is -2.06. The molecule has 0 amide bonds. The summed E-state index contributed by atoms with van der Waals surface area (Å²) in [4.78, 5) is 22.3. The maximum Gasteiger partial charge on any atom is 0.490 e. The lowest BCUT2D eigenvalue weighted by Crippen LogP contribution is -2.36. The van der Waals surface area contributed by atoms with E-state index in [0.29, 0.717) is 12.2 Å². The highest BCUT2D eigenvalue weighted by molar-refractivity contribution is 5.81. The molecule has 0 saturated carbocycles. The van der Waals surface area contributed by atoms with Crippen molar-refractivity contribution >= 4 is 11.9 Å². The van der Waals surface area contributed by atoms with E-state index in [2.05, 4.69) is 16.1 Å². The molecular formula is C25H27F3O8. The van der Waals surface area contributed by atoms with E-state index in [0.717, 1.165) is 23.0 Å². The van der Waals surface area contributed by atoms with Gasteiger partial charge < -0.3 is 28.8 Å². The molecule has 1 N–H and O–H groups in total. The molecule has 0 saturated heterocycles. The van der Waals surface area contributed by atoms with Gasteiger partial charge in [0.1, 0.15) is 30.8 Å². The van der Waals surface area contributed by atoms with Gasteiger partial charge in [-0.1, -0.05) is 30.8 Å². The summed E-state index contributed by atoms with van der Waals surface area (Å²) >= 11 is 0. The first kappa shape index (κ1) is 28.7. The Hall–Kier alpha value is -3.57. The van der Waals surface area contributed by atoms with Crippen LogP contribution in [0.2, 0.25) is 0 Å². The van der Waals surface area contributed by atoms with Crippen molar-refractivity contribution in [3.8, 4) is 11.5 Å². The second-order valence-electron chi connectivity index (χ2n) is 7.53. The van der Waals surface area contributed by atoms with E-state index >= 15 is 0 Å². The third-order valence-corrected chi connectivity index (χ3v) is 4.63. The van der Waals surface area contributed by atoms with E-state index in [1.807, 2.05) is 24.3 Å². The van der Waals surface area contributed by atoms with Gasteiger partial charge in [0, 0.05) is 6.08 Å². The second-order valence-corrected chi connectivity index (χ2v) is 7.53. The van der Waals surface area contributed by atoms with E-state index in [-0.39, 0.29) is 6.61 Å². The molecule has 2 atom stereocenters. The molecule has 2 aromatic carbocycles. The molecule has 0 fully saturated rings. The Morgan fingerprint density at radius 2 is 1.53 bits per heavy atom. The van der Waals surface area contributed by atoms with E-state index < -0.39 is 50.1 Å². The molecule has 2 rings (SSSR count). The van der Waals surface area contributed by atoms with Crippen LogP contribution in [-0.4, -0.2) is 69.0 Å². The molecule has 0 radical (unpaired) electrons. The first-order valence-electron chi connectivity index (χ1n) is 10.8. The third-order valence-electron chi connectivity index (χ3n) is 4.63. The Kier molecular flexibility index (Phi) is 11.2. The molecule has 0 aliphatic heterocycles. The van der Waals surface area contributed by atoms with Gasteiger partial charge in [0.05, 0.1) is 20.3 Å². The van der Waals surface area contributed by atoms with Crippen LogP contribution in [0.3, 0.4) is 0 Å². The fourth-order valence-corrected chi connectivity index (χ4v) is 2.83. The fourth-order valence-electron chi connectivity index (χ4n) is 2.83. The fraction of sp³-hybridized carbons (Fsp3) is 0.360. The first-order valence-corrected chi connectivity index (χ1v) is 10.8. The lowest BCUT2D eigenvalue weighted by molar-refractivity contribution is -0.208. The molecule has 11 heteroatoms. The number of hydrogen-bond donors (Lipinski definition) is 1. The zero-order valence-electron chi connectivity index (χ0n) is 19.5. The lowest BCUT2D eigenvalue weighted by atomic mass is 10.0. The molecule has 2 aromatic rings. The number of methoxy groups -OCH3 is 1. The molecule has 36 heavy (non-hydrogen) atoms. The molecule has 0 spiro atoms. The number of carbonyl (C=O) groups excluding carboxylic acids is 2. The van der Waals surface area contributed by atoms with Crippen LogP contribution in [0, 0.1) is 0 Å². The zero-order valence-corrected chi connectivity index (χ0v) is 19.5. The van der Waals surface area contributed by atoms with Crippen molar-refractivity contribution in [2.75, 3.05) is 33.5 Å². The Balaban J connectivity index is 1.89. The Labute approximate surface area is 206 Å². The van der Waals surface area contributed by atoms with Gasteiger partial charge in [0.15, 0.2) is 6.10 Å². The summed E-state index contributed by atoms with van der Waals surface area (Å²) in [6, 6.07) is 14.4. The van der Waals surface area contributed by atoms with Crippen molar-refractivity contribution < 1.29 is 51.6 Å². The van der Waals surface area contributed by atoms with Crippen molar-refractivity contribution in [2.45, 2.75) is 24.8 Å². The summed E-state index contributed by atoms with van der Waals surface area (Å²) in [7, 11) is 1.59. The summed E-state index contributed by atoms with van der Waals surface area (Å²) in [5, 5.41) is 9.72. The molecule has 0 aliphatic carbocycles. The molecular weight excluding hydrogens is 485 g/mol. The Morgan fingerprint density at radius 3 is 2.06 bits per heavy atom. The minimum Gasteiger partial charge on any atom is -0.497 e. The van der Waals surface area contributed by atoms with Gasteiger partial charge >= 0.3 is 18.1 Å². The average Bonchev–Trinajstić information content (AvgIpc) is 2.86. The van der Waals surface area contributed by atoms with Gasteiger partial charge in [-0.25, -0.2) is 9.59 Å². The van der Waals surface area contributed by atoms with Gasteiger partial charge in [-0.05, 0) is 41.8 Å². The Bertz CT molecular complexity index is 974. The van der Waals surface area contributed by atoms with Gasteiger partial charge in [-0.15, -0.1) is 0 Å². The number of aliphatic hydroxyl groups is 1. The molecule has 0 aliphatic rings. The van der Waals surface area contributed by atoms with E-state index in [1.54, 1.807) is 31.4 Å². The van der Waals surface area contributed by atoms with Gasteiger partial charge in [0.2, 0.25) is 0 Å². The van der Waals surface area contributed by atoms with Crippen molar-refractivity contribution in [3.05, 3.63) is 72.3 Å². The standard InChI is InChI=1S/C25H27F3O8/c1-3-23(30)35-14-19(29)13-33-15-22(36-24(31)25(26,27)28)16-34-21-10-6-18(7-11-21)12-17-4-8-20(32-2)9-5-17/h3-11,19,22,29H,1,12-16H2,2H3. The monoisotopic (exact) mass is 512 g/mol. The molecule has 0 aromatic heterocycles. The maximum absolute atomic E-state index is 12.6. The van der Waals surface area contributed by atoms with Crippen molar-refractivity contribution in [1.29, 1.82) is 0 Å². The maximum atomic E-state index is 12.6. The van der Waals surface area contributed by atoms with Gasteiger partial charge in [-0.2, -0.15) is 13.2 Å². The zero-order chi connectivity index (χ0) is 26.6. The van der Waals surface area contributed by atoms with Crippen molar-refractivity contribution in [2.24, 2.45) is 0 Å². The number of ether oxygens (including phenoxy) is 5. The highest BCUT2D eigenvalue weighted by Crippen LogP contribution is 2.20. The largest absolute Gasteiger partial charge is 0.497 e. The van der Waals surface area contributed by atoms with Crippen LogP contribution in [0.15, 0.2) is 61.2 Å². The minimum atomic E-state index is -5.19. The second kappa shape index (κ2) is 14.1. The molecule has 196 valence electrons. The highest BCUT2D eigenvalue weighted by Gasteiger charge is 2.42. The third kappa shape index (κ3) is 10.4. The number of benzene rings is 2. The van der Waals surface area contributed by atoms with E-state index in [9.17, 15) is 27.9 Å². The van der Waals surface area contributed by atoms with Crippen LogP contribution in [0.4, 0.5) is 13.2 Å². The number of rotatable bonds is 14. The number of carbonyl (C=O) groups is 2. The number of aliphatic hydroxyl groups excluding tert-OH is 1. The number of alkyl halides is 3. The summed E-state index contributed by atoms with van der Waals surface area (Å²) < 4.78 is 62.7. The SMILES string of the molecule is C=CC(=O)OCC(O)COCC(COc1ccc(Cc2ccc(OC)cc2)cc1)OC(=O)C(F)(F)F. The van der Waals surface area contributed by atoms with Crippen LogP contribution < -0.4 is 9.47 Å². The summed E-state index contributed by atoms with van der Waals surface area (Å²) in [5.41, 5.74) is 2.03. The van der Waals surface area contributed by atoms with Crippen LogP contribution in [-0.2, 0) is 30.2 Å². The predicted molar refractivity (Wildman–Crippen MR) is 122 cm³/mol.